The molecule has 18 heavy (non-hydrogen) atoms. The molecule has 90 valence electrons. The molecule has 0 aliphatic heterocycles. The number of hydrogen-bond acceptors (Lipinski definition) is 3. The lowest BCUT2D eigenvalue weighted by Crippen LogP contribution is -1.86. The van der Waals surface area contributed by atoms with E-state index >= 15 is 0 Å². The van der Waals surface area contributed by atoms with Gasteiger partial charge in [-0.25, -0.2) is 9.97 Å². The average molecular weight is 295 g/mol. The monoisotopic (exact) mass is 294 g/mol. The van der Waals surface area contributed by atoms with Crippen molar-refractivity contribution in [2.45, 2.75) is 6.92 Å². The van der Waals surface area contributed by atoms with Crippen LogP contribution in [-0.4, -0.2) is 9.97 Å². The first kappa shape index (κ1) is 11.9. The molecule has 2 nitrogen and oxygen atoms in total. The zero-order chi connectivity index (χ0) is 12.7. The SMILES string of the molecule is Cc1csc(-c2ccc3cc(Cl)cc(Cl)c3n2)n1. The van der Waals surface area contributed by atoms with Crippen molar-refractivity contribution in [3.8, 4) is 10.7 Å². The fourth-order valence-corrected chi connectivity index (χ4v) is 3.07. The van der Waals surface area contributed by atoms with Crippen LogP contribution in [0.4, 0.5) is 0 Å². The molecule has 0 N–H and O–H groups in total. The van der Waals surface area contributed by atoms with Crippen LogP contribution in [0.1, 0.15) is 5.69 Å². The van der Waals surface area contributed by atoms with Crippen molar-refractivity contribution < 1.29 is 0 Å². The Hall–Kier alpha value is -1.16. The molecule has 0 fully saturated rings. The molecule has 0 spiro atoms. The number of fused-ring (bicyclic) bond motifs is 1. The van der Waals surface area contributed by atoms with Crippen LogP contribution in [0, 0.1) is 6.92 Å². The summed E-state index contributed by atoms with van der Waals surface area (Å²) in [6.07, 6.45) is 0. The molecule has 0 atom stereocenters. The Labute approximate surface area is 118 Å². The van der Waals surface area contributed by atoms with Gasteiger partial charge in [-0.05, 0) is 25.1 Å². The third-order valence-corrected chi connectivity index (χ3v) is 4.04. The lowest BCUT2D eigenvalue weighted by molar-refractivity contribution is 1.25. The number of hydrogen-bond donors (Lipinski definition) is 0. The topological polar surface area (TPSA) is 25.8 Å². The summed E-state index contributed by atoms with van der Waals surface area (Å²) >= 11 is 13.7. The van der Waals surface area contributed by atoms with E-state index in [1.165, 1.54) is 0 Å². The predicted molar refractivity (Wildman–Crippen MR) is 77.6 cm³/mol. The first-order valence-corrected chi connectivity index (χ1v) is 6.95. The van der Waals surface area contributed by atoms with Gasteiger partial charge in [-0.15, -0.1) is 11.3 Å². The van der Waals surface area contributed by atoms with Gasteiger partial charge in [-0.2, -0.15) is 0 Å². The lowest BCUT2D eigenvalue weighted by atomic mass is 10.2. The van der Waals surface area contributed by atoms with Gasteiger partial charge in [0.2, 0.25) is 0 Å². The maximum Gasteiger partial charge on any atom is 0.142 e. The molecule has 1 aromatic carbocycles. The van der Waals surface area contributed by atoms with Crippen LogP contribution in [0.3, 0.4) is 0 Å². The normalized spacial score (nSPS) is 11.1. The number of halogens is 2. The van der Waals surface area contributed by atoms with Crippen molar-refractivity contribution in [1.29, 1.82) is 0 Å². The van der Waals surface area contributed by atoms with Gasteiger partial charge in [-0.1, -0.05) is 29.3 Å². The number of rotatable bonds is 1. The van der Waals surface area contributed by atoms with Crippen LogP contribution >= 0.6 is 34.5 Å². The van der Waals surface area contributed by atoms with Crippen molar-refractivity contribution in [3.63, 3.8) is 0 Å². The standard InChI is InChI=1S/C13H8Cl2N2S/c1-7-6-18-13(16-7)11-3-2-8-4-9(14)5-10(15)12(8)17-11/h2-6H,1H3. The molecule has 0 aliphatic carbocycles. The molecule has 3 rings (SSSR count). The third kappa shape index (κ3) is 2.09. The summed E-state index contributed by atoms with van der Waals surface area (Å²) in [4.78, 5) is 8.98. The third-order valence-electron chi connectivity index (χ3n) is 2.55. The highest BCUT2D eigenvalue weighted by Gasteiger charge is 2.08. The minimum Gasteiger partial charge on any atom is -0.244 e. The summed E-state index contributed by atoms with van der Waals surface area (Å²) in [7, 11) is 0. The van der Waals surface area contributed by atoms with Crippen molar-refractivity contribution in [1.82, 2.24) is 9.97 Å². The minimum absolute atomic E-state index is 0.563. The van der Waals surface area contributed by atoms with Crippen molar-refractivity contribution in [2.24, 2.45) is 0 Å². The number of benzene rings is 1. The number of nitrogens with zero attached hydrogens (tertiary/aromatic N) is 2. The van der Waals surface area contributed by atoms with Crippen LogP contribution in [0.15, 0.2) is 29.6 Å². The van der Waals surface area contributed by atoms with E-state index in [-0.39, 0.29) is 0 Å². The van der Waals surface area contributed by atoms with Crippen molar-refractivity contribution in [2.75, 3.05) is 0 Å². The molecule has 0 saturated carbocycles. The van der Waals surface area contributed by atoms with E-state index in [1.54, 1.807) is 17.4 Å². The highest BCUT2D eigenvalue weighted by atomic mass is 35.5. The summed E-state index contributed by atoms with van der Waals surface area (Å²) < 4.78 is 0. The van der Waals surface area contributed by atoms with E-state index in [0.717, 1.165) is 27.3 Å². The van der Waals surface area contributed by atoms with Crippen LogP contribution in [0.5, 0.6) is 0 Å². The van der Waals surface area contributed by atoms with E-state index in [1.807, 2.05) is 30.5 Å². The number of aryl methyl sites for hydroxylation is 1. The van der Waals surface area contributed by atoms with Crippen molar-refractivity contribution >= 4 is 45.4 Å². The first-order chi connectivity index (χ1) is 8.63. The quantitative estimate of drug-likeness (QED) is 0.633. The van der Waals surface area contributed by atoms with Gasteiger partial charge in [0.25, 0.3) is 0 Å². The number of aromatic nitrogens is 2. The van der Waals surface area contributed by atoms with E-state index in [2.05, 4.69) is 9.97 Å². The second-order valence-corrected chi connectivity index (χ2v) is 5.65. The Morgan fingerprint density at radius 3 is 2.67 bits per heavy atom. The van der Waals surface area contributed by atoms with Gasteiger partial charge in [-0.3, -0.25) is 0 Å². The fraction of sp³-hybridized carbons (Fsp3) is 0.0769. The fourth-order valence-electron chi connectivity index (χ4n) is 1.75. The maximum absolute atomic E-state index is 6.16. The Bertz CT molecular complexity index is 737. The van der Waals surface area contributed by atoms with E-state index in [4.69, 9.17) is 23.2 Å². The van der Waals surface area contributed by atoms with Crippen molar-refractivity contribution in [3.05, 3.63) is 45.4 Å². The summed E-state index contributed by atoms with van der Waals surface area (Å²) in [6, 6.07) is 7.46. The molecule has 0 saturated heterocycles. The van der Waals surface area contributed by atoms with Crippen LogP contribution in [0.2, 0.25) is 10.0 Å². The first-order valence-electron chi connectivity index (χ1n) is 5.32. The van der Waals surface area contributed by atoms with Gasteiger partial charge in [0.05, 0.1) is 16.2 Å². The van der Waals surface area contributed by atoms with Gasteiger partial charge in [0.1, 0.15) is 5.01 Å². The number of pyridine rings is 1. The molecular weight excluding hydrogens is 287 g/mol. The van der Waals surface area contributed by atoms with Gasteiger partial charge >= 0.3 is 0 Å². The zero-order valence-electron chi connectivity index (χ0n) is 9.45. The second kappa shape index (κ2) is 4.50. The predicted octanol–water partition coefficient (Wildman–Crippen LogP) is 4.97. The van der Waals surface area contributed by atoms with E-state index < -0.39 is 0 Å². The minimum atomic E-state index is 0.563. The Morgan fingerprint density at radius 1 is 1.11 bits per heavy atom. The summed E-state index contributed by atoms with van der Waals surface area (Å²) in [5.41, 5.74) is 2.59. The van der Waals surface area contributed by atoms with Gasteiger partial charge < -0.3 is 0 Å². The summed E-state index contributed by atoms with van der Waals surface area (Å²) in [5, 5.41) is 5.02. The molecule has 0 amide bonds. The summed E-state index contributed by atoms with van der Waals surface area (Å²) in [5.74, 6) is 0. The Balaban J connectivity index is 2.22. The molecule has 0 aliphatic rings. The van der Waals surface area contributed by atoms with Crippen LogP contribution in [0.25, 0.3) is 21.6 Å². The van der Waals surface area contributed by atoms with E-state index in [9.17, 15) is 0 Å². The second-order valence-electron chi connectivity index (χ2n) is 3.95. The molecule has 2 heterocycles. The highest BCUT2D eigenvalue weighted by Crippen LogP contribution is 2.29. The van der Waals surface area contributed by atoms with Crippen LogP contribution < -0.4 is 0 Å². The zero-order valence-corrected chi connectivity index (χ0v) is 11.8. The highest BCUT2D eigenvalue weighted by molar-refractivity contribution is 7.13. The molecular formula is C13H8Cl2N2S. The van der Waals surface area contributed by atoms with E-state index in [0.29, 0.717) is 10.0 Å². The lowest BCUT2D eigenvalue weighted by Gasteiger charge is -2.03. The molecule has 0 unspecified atom stereocenters. The molecule has 3 aromatic rings. The largest absolute Gasteiger partial charge is 0.244 e. The molecule has 5 heteroatoms. The Morgan fingerprint density at radius 2 is 1.94 bits per heavy atom. The van der Waals surface area contributed by atoms with Crippen LogP contribution in [-0.2, 0) is 0 Å². The number of thiazole rings is 1. The smallest absolute Gasteiger partial charge is 0.142 e. The van der Waals surface area contributed by atoms with Gasteiger partial charge in [0.15, 0.2) is 0 Å². The Kier molecular flexibility index (Phi) is 2.98. The molecule has 0 bridgehead atoms. The average Bonchev–Trinajstić information content (AvgIpc) is 2.75. The summed E-state index contributed by atoms with van der Waals surface area (Å²) in [6.45, 7) is 1.97. The molecule has 0 radical (unpaired) electrons. The maximum atomic E-state index is 6.16. The van der Waals surface area contributed by atoms with Gasteiger partial charge in [0, 0.05) is 21.5 Å². The molecule has 2 aromatic heterocycles.